The number of anilines is 1. The lowest BCUT2D eigenvalue weighted by molar-refractivity contribution is -0.113. The van der Waals surface area contributed by atoms with E-state index in [1.165, 1.54) is 0 Å². The number of rotatable bonds is 8. The van der Waals surface area contributed by atoms with Crippen LogP contribution in [0.1, 0.15) is 11.3 Å². The van der Waals surface area contributed by atoms with E-state index in [1.54, 1.807) is 18.0 Å². The second kappa shape index (κ2) is 9.25. The van der Waals surface area contributed by atoms with Crippen molar-refractivity contribution in [3.05, 3.63) is 90.6 Å². The lowest BCUT2D eigenvalue weighted by atomic mass is 10.3. The van der Waals surface area contributed by atoms with Crippen LogP contribution in [0.4, 0.5) is 5.69 Å². The van der Waals surface area contributed by atoms with Gasteiger partial charge in [0.15, 0.2) is 0 Å². The molecular formula is C22H20N4O2S. The van der Waals surface area contributed by atoms with Crippen molar-refractivity contribution in [2.75, 3.05) is 11.1 Å². The highest BCUT2D eigenvalue weighted by Crippen LogP contribution is 2.19. The second-order valence-corrected chi connectivity index (χ2v) is 7.40. The quantitative estimate of drug-likeness (QED) is 0.477. The number of benzene rings is 1. The number of fused-ring (bicyclic) bond motifs is 1. The van der Waals surface area contributed by atoms with Crippen LogP contribution in [-0.4, -0.2) is 26.0 Å². The van der Waals surface area contributed by atoms with Crippen LogP contribution in [0.2, 0.25) is 0 Å². The summed E-state index contributed by atoms with van der Waals surface area (Å²) in [6, 6.07) is 17.1. The molecule has 0 aliphatic heterocycles. The number of imidazole rings is 1. The minimum Gasteiger partial charge on any atom is -0.487 e. The highest BCUT2D eigenvalue weighted by Gasteiger charge is 2.06. The summed E-state index contributed by atoms with van der Waals surface area (Å²) in [6.07, 6.45) is 7.45. The fourth-order valence-corrected chi connectivity index (χ4v) is 3.59. The zero-order valence-electron chi connectivity index (χ0n) is 15.7. The van der Waals surface area contributed by atoms with E-state index in [1.807, 2.05) is 77.6 Å². The van der Waals surface area contributed by atoms with Gasteiger partial charge in [0.25, 0.3) is 0 Å². The lowest BCUT2D eigenvalue weighted by Gasteiger charge is -2.08. The third-order valence-corrected chi connectivity index (χ3v) is 5.15. The molecule has 0 atom stereocenters. The first-order chi connectivity index (χ1) is 14.3. The summed E-state index contributed by atoms with van der Waals surface area (Å²) in [7, 11) is 0. The summed E-state index contributed by atoms with van der Waals surface area (Å²) in [5.41, 5.74) is 3.55. The molecule has 0 unspecified atom stereocenters. The van der Waals surface area contributed by atoms with E-state index in [9.17, 15) is 4.79 Å². The number of pyridine rings is 2. The Balaban J connectivity index is 1.28. The van der Waals surface area contributed by atoms with E-state index in [0.717, 1.165) is 22.7 Å². The van der Waals surface area contributed by atoms with Crippen molar-refractivity contribution in [1.29, 1.82) is 0 Å². The fraction of sp³-hybridized carbons (Fsp3) is 0.136. The molecule has 4 aromatic rings. The van der Waals surface area contributed by atoms with Gasteiger partial charge in [-0.25, -0.2) is 4.98 Å². The van der Waals surface area contributed by atoms with Crippen LogP contribution >= 0.6 is 11.8 Å². The topological polar surface area (TPSA) is 68.5 Å². The first-order valence-electron chi connectivity index (χ1n) is 9.18. The van der Waals surface area contributed by atoms with Gasteiger partial charge in [-0.15, -0.1) is 11.8 Å². The predicted molar refractivity (Wildman–Crippen MR) is 115 cm³/mol. The Hall–Kier alpha value is -3.32. The maximum absolute atomic E-state index is 12.2. The van der Waals surface area contributed by atoms with E-state index in [-0.39, 0.29) is 5.91 Å². The molecule has 4 rings (SSSR count). The molecule has 0 bridgehead atoms. The Morgan fingerprint density at radius 2 is 2.10 bits per heavy atom. The van der Waals surface area contributed by atoms with Crippen molar-refractivity contribution in [3.8, 4) is 5.75 Å². The molecule has 0 saturated heterocycles. The second-order valence-electron chi connectivity index (χ2n) is 6.42. The number of carbonyl (C=O) groups is 1. The molecule has 1 N–H and O–H groups in total. The van der Waals surface area contributed by atoms with Gasteiger partial charge in [0.05, 0.1) is 11.4 Å². The maximum Gasteiger partial charge on any atom is 0.234 e. The van der Waals surface area contributed by atoms with E-state index < -0.39 is 0 Å². The van der Waals surface area contributed by atoms with Gasteiger partial charge in [0.1, 0.15) is 18.0 Å². The highest BCUT2D eigenvalue weighted by atomic mass is 32.2. The minimum absolute atomic E-state index is 0.0450. The molecular weight excluding hydrogens is 384 g/mol. The van der Waals surface area contributed by atoms with E-state index in [4.69, 9.17) is 4.74 Å². The summed E-state index contributed by atoms with van der Waals surface area (Å²) in [5.74, 6) is 1.77. The Labute approximate surface area is 173 Å². The summed E-state index contributed by atoms with van der Waals surface area (Å²) in [4.78, 5) is 20.8. The molecule has 0 aliphatic carbocycles. The third kappa shape index (κ3) is 5.36. The zero-order chi connectivity index (χ0) is 19.9. The normalized spacial score (nSPS) is 10.8. The van der Waals surface area contributed by atoms with Crippen LogP contribution in [0.3, 0.4) is 0 Å². The Kier molecular flexibility index (Phi) is 6.07. The Morgan fingerprint density at radius 3 is 2.97 bits per heavy atom. The summed E-state index contributed by atoms with van der Waals surface area (Å²) >= 11 is 1.55. The average Bonchev–Trinajstić information content (AvgIpc) is 3.16. The van der Waals surface area contributed by atoms with E-state index in [2.05, 4.69) is 15.3 Å². The number of nitrogens with zero attached hydrogens (tertiary/aromatic N) is 3. The van der Waals surface area contributed by atoms with E-state index >= 15 is 0 Å². The van der Waals surface area contributed by atoms with Gasteiger partial charge < -0.3 is 14.5 Å². The molecule has 7 heteroatoms. The largest absolute Gasteiger partial charge is 0.487 e. The molecule has 3 aromatic heterocycles. The van der Waals surface area contributed by atoms with Gasteiger partial charge >= 0.3 is 0 Å². The van der Waals surface area contributed by atoms with Crippen LogP contribution in [0, 0.1) is 0 Å². The molecule has 0 spiro atoms. The smallest absolute Gasteiger partial charge is 0.234 e. The van der Waals surface area contributed by atoms with Gasteiger partial charge in [-0.05, 0) is 35.9 Å². The van der Waals surface area contributed by atoms with Crippen LogP contribution in [0.15, 0.2) is 79.4 Å². The maximum atomic E-state index is 12.2. The number of aromatic nitrogens is 3. The van der Waals surface area contributed by atoms with E-state index in [0.29, 0.717) is 23.8 Å². The summed E-state index contributed by atoms with van der Waals surface area (Å²) in [5, 5.41) is 2.91. The molecule has 0 radical (unpaired) electrons. The number of thioether (sulfide) groups is 1. The lowest BCUT2D eigenvalue weighted by Crippen LogP contribution is -2.14. The van der Waals surface area contributed by atoms with Crippen LogP contribution in [-0.2, 0) is 17.2 Å². The standard InChI is InChI=1S/C22H20N4O2S/c27-22(16-29-15-17-5-4-9-23-12-17)25-18-6-3-7-20(11-18)28-14-19-13-26-10-2-1-8-21(26)24-19/h1-13H,14-16H2,(H,25,27). The number of ether oxygens (including phenoxy) is 1. The first-order valence-corrected chi connectivity index (χ1v) is 10.3. The molecule has 29 heavy (non-hydrogen) atoms. The first kappa shape index (κ1) is 19.0. The SMILES string of the molecule is O=C(CSCc1cccnc1)Nc1cccc(OCc2cn3ccccc3n2)c1. The molecule has 3 heterocycles. The molecule has 0 saturated carbocycles. The number of nitrogens with one attached hydrogen (secondary N) is 1. The molecule has 0 fully saturated rings. The fourth-order valence-electron chi connectivity index (χ4n) is 2.82. The third-order valence-electron chi connectivity index (χ3n) is 4.14. The Morgan fingerprint density at radius 1 is 1.14 bits per heavy atom. The number of hydrogen-bond donors (Lipinski definition) is 1. The van der Waals surface area contributed by atoms with Crippen molar-refractivity contribution in [3.63, 3.8) is 0 Å². The summed E-state index contributed by atoms with van der Waals surface area (Å²) < 4.78 is 7.80. The number of carbonyl (C=O) groups excluding carboxylic acids is 1. The van der Waals surface area contributed by atoms with Gasteiger partial charge in [0.2, 0.25) is 5.91 Å². The van der Waals surface area contributed by atoms with Crippen molar-refractivity contribution in [1.82, 2.24) is 14.4 Å². The molecule has 0 aliphatic rings. The number of hydrogen-bond acceptors (Lipinski definition) is 5. The van der Waals surface area contributed by atoms with Crippen LogP contribution < -0.4 is 10.1 Å². The van der Waals surface area contributed by atoms with Gasteiger partial charge in [0, 0.05) is 42.3 Å². The molecule has 1 aromatic carbocycles. The van der Waals surface area contributed by atoms with Crippen molar-refractivity contribution < 1.29 is 9.53 Å². The number of amides is 1. The minimum atomic E-state index is -0.0450. The highest BCUT2D eigenvalue weighted by molar-refractivity contribution is 7.99. The van der Waals surface area contributed by atoms with Gasteiger partial charge in [-0.2, -0.15) is 0 Å². The van der Waals surface area contributed by atoms with Crippen LogP contribution in [0.25, 0.3) is 5.65 Å². The average molecular weight is 404 g/mol. The van der Waals surface area contributed by atoms with Gasteiger partial charge in [-0.3, -0.25) is 9.78 Å². The van der Waals surface area contributed by atoms with Crippen LogP contribution in [0.5, 0.6) is 5.75 Å². The van der Waals surface area contributed by atoms with Crippen molar-refractivity contribution >= 4 is 29.0 Å². The van der Waals surface area contributed by atoms with Gasteiger partial charge in [-0.1, -0.05) is 18.2 Å². The van der Waals surface area contributed by atoms with Crippen molar-refractivity contribution in [2.45, 2.75) is 12.4 Å². The summed E-state index contributed by atoms with van der Waals surface area (Å²) in [6.45, 7) is 0.361. The monoisotopic (exact) mass is 404 g/mol. The zero-order valence-corrected chi connectivity index (χ0v) is 16.5. The Bertz CT molecular complexity index is 1070. The molecule has 1 amide bonds. The van der Waals surface area contributed by atoms with Crippen molar-refractivity contribution in [2.24, 2.45) is 0 Å². The molecule has 6 nitrogen and oxygen atoms in total. The molecule has 146 valence electrons. The predicted octanol–water partition coefficient (Wildman–Crippen LogP) is 4.18.